The molecule has 2 aromatic carbocycles. The lowest BCUT2D eigenvalue weighted by atomic mass is 10.1. The van der Waals surface area contributed by atoms with E-state index in [1.54, 1.807) is 24.3 Å². The topological polar surface area (TPSA) is 142 Å². The third-order valence-electron chi connectivity index (χ3n) is 4.14. The fraction of sp³-hybridized carbons (Fsp3) is 0.273. The summed E-state index contributed by atoms with van der Waals surface area (Å²) in [5, 5.41) is 8.09. The lowest BCUT2D eigenvalue weighted by Crippen LogP contribution is -2.17. The van der Waals surface area contributed by atoms with E-state index in [0.29, 0.717) is 0 Å². The highest BCUT2D eigenvalue weighted by molar-refractivity contribution is 5.89. The molecule has 2 rings (SSSR count). The second kappa shape index (κ2) is 14.1. The number of carbonyl (C=O) groups excluding carboxylic acids is 4. The van der Waals surface area contributed by atoms with Gasteiger partial charge in [0.25, 0.3) is 0 Å². The fourth-order valence-electron chi connectivity index (χ4n) is 2.30. The molecular weight excluding hydrogens is 456 g/mol. The van der Waals surface area contributed by atoms with Crippen LogP contribution in [0, 0.1) is 0 Å². The van der Waals surface area contributed by atoms with Gasteiger partial charge >= 0.3 is 24.2 Å². The third kappa shape index (κ3) is 9.14. The summed E-state index contributed by atoms with van der Waals surface area (Å²) in [4.78, 5) is 62.7. The molecule has 12 nitrogen and oxygen atoms in total. The Morgan fingerprint density at radius 2 is 0.912 bits per heavy atom. The van der Waals surface area contributed by atoms with Crippen molar-refractivity contribution in [1.29, 1.82) is 0 Å². The summed E-state index contributed by atoms with van der Waals surface area (Å²) in [6.07, 6.45) is -1.14. The maximum absolute atomic E-state index is 11.7. The molecule has 0 aliphatic rings. The molecule has 0 spiro atoms. The molecule has 12 heteroatoms. The van der Waals surface area contributed by atoms with E-state index in [2.05, 4.69) is 39.1 Å². The van der Waals surface area contributed by atoms with E-state index in [1.807, 2.05) is 13.8 Å². The number of hydrogen-bond acceptors (Lipinski definition) is 12. The van der Waals surface area contributed by atoms with E-state index in [1.165, 1.54) is 24.3 Å². The summed E-state index contributed by atoms with van der Waals surface area (Å²) in [5.41, 5.74) is 2.41. The van der Waals surface area contributed by atoms with Gasteiger partial charge in [-0.25, -0.2) is 29.0 Å². The lowest BCUT2D eigenvalue weighted by molar-refractivity contribution is -0.453. The van der Waals surface area contributed by atoms with Crippen molar-refractivity contribution in [1.82, 2.24) is 0 Å². The predicted molar refractivity (Wildman–Crippen MR) is 110 cm³/mol. The van der Waals surface area contributed by atoms with E-state index in [0.717, 1.165) is 24.0 Å². The van der Waals surface area contributed by atoms with Gasteiger partial charge in [-0.1, -0.05) is 38.1 Å². The predicted octanol–water partition coefficient (Wildman–Crippen LogP) is 3.82. The molecule has 0 aliphatic carbocycles. The maximum Gasteiger partial charge on any atom is 0.543 e. The standard InChI is InChI=1S/C22H22O12/c1-3-15-5-9-17(10-6-15)19(23)29-33-31-21(25)27-13-14-28-22(26)32-34-30-20(24)18-11-7-16(4-2)8-12-18/h5-12H,3-4,13-14H2,1-2H3. The Labute approximate surface area is 193 Å². The minimum Gasteiger partial charge on any atom is -0.429 e. The van der Waals surface area contributed by atoms with E-state index >= 15 is 0 Å². The quantitative estimate of drug-likeness (QED) is 0.200. The summed E-state index contributed by atoms with van der Waals surface area (Å²) in [6, 6.07) is 13.0. The minimum atomic E-state index is -1.37. The highest BCUT2D eigenvalue weighted by Crippen LogP contribution is 2.08. The smallest absolute Gasteiger partial charge is 0.429 e. The van der Waals surface area contributed by atoms with E-state index in [-0.39, 0.29) is 11.1 Å². The first-order valence-electron chi connectivity index (χ1n) is 10.0. The molecule has 0 unspecified atom stereocenters. The summed E-state index contributed by atoms with van der Waals surface area (Å²) in [5.74, 6) is -1.78. The third-order valence-corrected chi connectivity index (χ3v) is 4.14. The molecule has 0 radical (unpaired) electrons. The Bertz CT molecular complexity index is 873. The largest absolute Gasteiger partial charge is 0.543 e. The minimum absolute atomic E-state index is 0.184. The molecule has 0 heterocycles. The zero-order valence-electron chi connectivity index (χ0n) is 18.3. The fourth-order valence-corrected chi connectivity index (χ4v) is 2.30. The van der Waals surface area contributed by atoms with Crippen molar-refractivity contribution in [2.75, 3.05) is 13.2 Å². The average Bonchev–Trinajstić information content (AvgIpc) is 2.86. The van der Waals surface area contributed by atoms with Gasteiger partial charge in [-0.2, -0.15) is 0 Å². The van der Waals surface area contributed by atoms with E-state index < -0.39 is 37.5 Å². The van der Waals surface area contributed by atoms with Crippen LogP contribution in [0.25, 0.3) is 0 Å². The van der Waals surface area contributed by atoms with Gasteiger partial charge < -0.3 is 9.47 Å². The van der Waals surface area contributed by atoms with Crippen LogP contribution in [-0.4, -0.2) is 37.5 Å². The molecule has 0 bridgehead atoms. The number of benzene rings is 2. The average molecular weight is 478 g/mol. The summed E-state index contributed by atoms with van der Waals surface area (Å²) in [7, 11) is 0. The second-order valence-electron chi connectivity index (χ2n) is 6.34. The van der Waals surface area contributed by atoms with Crippen LogP contribution in [0.2, 0.25) is 0 Å². The van der Waals surface area contributed by atoms with Crippen molar-refractivity contribution in [3.05, 3.63) is 70.8 Å². The van der Waals surface area contributed by atoms with E-state index in [4.69, 9.17) is 0 Å². The first-order chi connectivity index (χ1) is 16.4. The SMILES string of the molecule is CCc1ccc(C(=O)OOOC(=O)OCCOC(=O)OOOC(=O)c2ccc(CC)cc2)cc1. The molecule has 0 aliphatic heterocycles. The highest BCUT2D eigenvalue weighted by atomic mass is 17.5. The number of aryl methyl sites for hydroxylation is 2. The number of carbonyl (C=O) groups is 4. The number of rotatable bonds is 11. The first-order valence-corrected chi connectivity index (χ1v) is 10.0. The molecule has 0 fully saturated rings. The van der Waals surface area contributed by atoms with Gasteiger partial charge in [0.1, 0.15) is 13.2 Å². The molecule has 182 valence electrons. The molecular formula is C22H22O12. The Morgan fingerprint density at radius 3 is 1.24 bits per heavy atom. The molecule has 2 aromatic rings. The molecule has 0 amide bonds. The Balaban J connectivity index is 1.52. The number of hydrogen-bond donors (Lipinski definition) is 0. The molecule has 0 saturated carbocycles. The molecule has 0 N–H and O–H groups in total. The Hall–Kier alpha value is -4.16. The van der Waals surface area contributed by atoms with Crippen LogP contribution < -0.4 is 0 Å². The Kier molecular flexibility index (Phi) is 10.8. The van der Waals surface area contributed by atoms with Gasteiger partial charge in [0.05, 0.1) is 21.2 Å². The Morgan fingerprint density at radius 1 is 0.559 bits per heavy atom. The number of ether oxygens (including phenoxy) is 2. The van der Waals surface area contributed by atoms with Crippen LogP contribution in [0.5, 0.6) is 0 Å². The van der Waals surface area contributed by atoms with Gasteiger partial charge in [-0.15, -0.1) is 0 Å². The van der Waals surface area contributed by atoms with Crippen LogP contribution >= 0.6 is 0 Å². The van der Waals surface area contributed by atoms with Crippen molar-refractivity contribution in [3.8, 4) is 0 Å². The van der Waals surface area contributed by atoms with E-state index in [9.17, 15) is 19.2 Å². The van der Waals surface area contributed by atoms with Crippen molar-refractivity contribution in [2.24, 2.45) is 0 Å². The second-order valence-corrected chi connectivity index (χ2v) is 6.34. The maximum atomic E-state index is 11.7. The van der Waals surface area contributed by atoms with Crippen LogP contribution in [0.4, 0.5) is 9.59 Å². The summed E-state index contributed by atoms with van der Waals surface area (Å²) < 4.78 is 8.99. The van der Waals surface area contributed by atoms with Crippen molar-refractivity contribution >= 4 is 24.2 Å². The van der Waals surface area contributed by atoms with Crippen molar-refractivity contribution < 1.29 is 58.3 Å². The molecule has 0 saturated heterocycles. The van der Waals surface area contributed by atoms with Crippen molar-refractivity contribution in [3.63, 3.8) is 0 Å². The first kappa shape index (κ1) is 26.1. The summed E-state index contributed by atoms with van der Waals surface area (Å²) in [6.45, 7) is 2.99. The zero-order valence-corrected chi connectivity index (χ0v) is 18.3. The van der Waals surface area contributed by atoms with Gasteiger partial charge in [0.2, 0.25) is 0 Å². The molecule has 0 aromatic heterocycles. The molecule has 34 heavy (non-hydrogen) atoms. The van der Waals surface area contributed by atoms with Crippen LogP contribution in [-0.2, 0) is 51.9 Å². The van der Waals surface area contributed by atoms with Crippen LogP contribution in [0.1, 0.15) is 45.7 Å². The molecule has 0 atom stereocenters. The van der Waals surface area contributed by atoms with Crippen LogP contribution in [0.15, 0.2) is 48.5 Å². The normalized spacial score (nSPS) is 10.1. The lowest BCUT2D eigenvalue weighted by Gasteiger charge is -2.06. The van der Waals surface area contributed by atoms with Gasteiger partial charge in [-0.3, -0.25) is 9.78 Å². The van der Waals surface area contributed by atoms with Gasteiger partial charge in [0.15, 0.2) is 0 Å². The summed E-state index contributed by atoms with van der Waals surface area (Å²) >= 11 is 0. The van der Waals surface area contributed by atoms with Gasteiger partial charge in [-0.05, 0) is 48.2 Å². The van der Waals surface area contributed by atoms with Crippen LogP contribution in [0.3, 0.4) is 0 Å². The highest BCUT2D eigenvalue weighted by Gasteiger charge is 2.14. The van der Waals surface area contributed by atoms with Crippen molar-refractivity contribution in [2.45, 2.75) is 26.7 Å². The monoisotopic (exact) mass is 478 g/mol. The zero-order chi connectivity index (χ0) is 24.8. The van der Waals surface area contributed by atoms with Gasteiger partial charge in [0, 0.05) is 0 Å².